The minimum absolute atomic E-state index is 0.0117. The number of para-hydroxylation sites is 1. The van der Waals surface area contributed by atoms with E-state index in [4.69, 9.17) is 5.73 Å². The Bertz CT molecular complexity index is 579. The lowest BCUT2D eigenvalue weighted by atomic mass is 10.1. The van der Waals surface area contributed by atoms with Crippen LogP contribution in [-0.4, -0.2) is 33.1 Å². The smallest absolute Gasteiger partial charge is 0.370 e. The molecule has 0 atom stereocenters. The molecule has 112 valence electrons. The fourth-order valence-electron chi connectivity index (χ4n) is 2.21. The number of halogens is 3. The van der Waals surface area contributed by atoms with E-state index in [2.05, 4.69) is 0 Å². The Morgan fingerprint density at radius 2 is 1.70 bits per heavy atom. The standard InChI is InChI=1S/C12H15F3N2O2S/c13-12(14,15)20(18,19)11-4-2-1-3-10(11)17-7-5-9(16)6-8-17/h1-4,9H,5-8,16H2. The number of hydrogen-bond donors (Lipinski definition) is 1. The van der Waals surface area contributed by atoms with Gasteiger partial charge in [-0.3, -0.25) is 0 Å². The van der Waals surface area contributed by atoms with Gasteiger partial charge in [0.05, 0.1) is 10.6 Å². The number of piperidine rings is 1. The van der Waals surface area contributed by atoms with Gasteiger partial charge in [-0.1, -0.05) is 12.1 Å². The Morgan fingerprint density at radius 3 is 2.25 bits per heavy atom. The van der Waals surface area contributed by atoms with E-state index < -0.39 is 20.2 Å². The number of alkyl halides is 3. The number of sulfone groups is 1. The summed E-state index contributed by atoms with van der Waals surface area (Å²) in [5, 5.41) is 0. The van der Waals surface area contributed by atoms with Crippen LogP contribution in [0.2, 0.25) is 0 Å². The van der Waals surface area contributed by atoms with Crippen molar-refractivity contribution in [3.8, 4) is 0 Å². The molecule has 8 heteroatoms. The maximum absolute atomic E-state index is 12.7. The number of anilines is 1. The second-order valence-corrected chi connectivity index (χ2v) is 6.65. The number of benzene rings is 1. The highest BCUT2D eigenvalue weighted by Crippen LogP contribution is 2.36. The van der Waals surface area contributed by atoms with Crippen LogP contribution < -0.4 is 10.6 Å². The zero-order valence-electron chi connectivity index (χ0n) is 10.6. The van der Waals surface area contributed by atoms with Gasteiger partial charge in [0.1, 0.15) is 0 Å². The van der Waals surface area contributed by atoms with E-state index in [-0.39, 0.29) is 11.7 Å². The van der Waals surface area contributed by atoms with Crippen molar-refractivity contribution in [1.29, 1.82) is 0 Å². The molecular formula is C12H15F3N2O2S. The lowest BCUT2D eigenvalue weighted by Gasteiger charge is -2.33. The molecule has 0 unspecified atom stereocenters. The Labute approximate surface area is 115 Å². The summed E-state index contributed by atoms with van der Waals surface area (Å²) >= 11 is 0. The maximum Gasteiger partial charge on any atom is 0.501 e. The molecule has 2 N–H and O–H groups in total. The van der Waals surface area contributed by atoms with Crippen LogP contribution in [0.4, 0.5) is 18.9 Å². The molecule has 1 aliphatic rings. The summed E-state index contributed by atoms with van der Waals surface area (Å²) < 4.78 is 61.3. The summed E-state index contributed by atoms with van der Waals surface area (Å²) in [6.45, 7) is 0.900. The first-order chi connectivity index (χ1) is 9.23. The molecule has 2 rings (SSSR count). The fraction of sp³-hybridized carbons (Fsp3) is 0.500. The van der Waals surface area contributed by atoms with E-state index in [0.29, 0.717) is 25.9 Å². The van der Waals surface area contributed by atoms with Crippen LogP contribution in [0, 0.1) is 0 Å². The third-order valence-electron chi connectivity index (χ3n) is 3.34. The highest BCUT2D eigenvalue weighted by Gasteiger charge is 2.48. The summed E-state index contributed by atoms with van der Waals surface area (Å²) in [5.74, 6) is 0. The molecule has 4 nitrogen and oxygen atoms in total. The van der Waals surface area contributed by atoms with Crippen LogP contribution >= 0.6 is 0 Å². The number of hydrogen-bond acceptors (Lipinski definition) is 4. The summed E-state index contributed by atoms with van der Waals surface area (Å²) in [5.41, 5.74) is 0.541. The topological polar surface area (TPSA) is 63.4 Å². The van der Waals surface area contributed by atoms with Crippen LogP contribution in [0.25, 0.3) is 0 Å². The van der Waals surface area contributed by atoms with Crippen LogP contribution in [-0.2, 0) is 9.84 Å². The number of nitrogens with two attached hydrogens (primary N) is 1. The fourth-order valence-corrected chi connectivity index (χ4v) is 3.19. The molecule has 0 bridgehead atoms. The first-order valence-corrected chi connectivity index (χ1v) is 7.62. The van der Waals surface area contributed by atoms with Crippen molar-refractivity contribution in [2.24, 2.45) is 5.73 Å². The average molecular weight is 308 g/mol. The highest BCUT2D eigenvalue weighted by atomic mass is 32.2. The minimum Gasteiger partial charge on any atom is -0.370 e. The van der Waals surface area contributed by atoms with E-state index in [1.807, 2.05) is 0 Å². The van der Waals surface area contributed by atoms with Crippen molar-refractivity contribution in [2.75, 3.05) is 18.0 Å². The van der Waals surface area contributed by atoms with Crippen molar-refractivity contribution in [2.45, 2.75) is 29.3 Å². The van der Waals surface area contributed by atoms with E-state index in [0.717, 1.165) is 6.07 Å². The summed E-state index contributed by atoms with van der Waals surface area (Å²) in [4.78, 5) is 0.949. The average Bonchev–Trinajstić information content (AvgIpc) is 2.38. The monoisotopic (exact) mass is 308 g/mol. The highest BCUT2D eigenvalue weighted by molar-refractivity contribution is 7.92. The summed E-state index contributed by atoms with van der Waals surface area (Å²) in [6, 6.07) is 5.22. The molecule has 1 aliphatic heterocycles. The molecule has 0 amide bonds. The largest absolute Gasteiger partial charge is 0.501 e. The molecule has 1 aromatic carbocycles. The Morgan fingerprint density at radius 1 is 1.15 bits per heavy atom. The zero-order chi connectivity index (χ0) is 15.0. The molecule has 1 fully saturated rings. The van der Waals surface area contributed by atoms with Crippen LogP contribution in [0.15, 0.2) is 29.2 Å². The Hall–Kier alpha value is -1.28. The van der Waals surface area contributed by atoms with Gasteiger partial charge in [0.2, 0.25) is 0 Å². The van der Waals surface area contributed by atoms with E-state index in [1.165, 1.54) is 18.2 Å². The third-order valence-corrected chi connectivity index (χ3v) is 4.87. The second-order valence-electron chi connectivity index (χ2n) is 4.74. The van der Waals surface area contributed by atoms with Crippen molar-refractivity contribution < 1.29 is 21.6 Å². The molecule has 0 saturated carbocycles. The maximum atomic E-state index is 12.7. The molecule has 0 aromatic heterocycles. The Kier molecular flexibility index (Phi) is 3.97. The van der Waals surface area contributed by atoms with Crippen LogP contribution in [0.1, 0.15) is 12.8 Å². The lowest BCUT2D eigenvalue weighted by molar-refractivity contribution is -0.0435. The molecule has 0 spiro atoms. The molecule has 0 radical (unpaired) electrons. The van der Waals surface area contributed by atoms with Gasteiger partial charge in [0.15, 0.2) is 0 Å². The molecule has 1 saturated heterocycles. The van der Waals surface area contributed by atoms with Gasteiger partial charge in [-0.2, -0.15) is 13.2 Å². The quantitative estimate of drug-likeness (QED) is 0.906. The van der Waals surface area contributed by atoms with Gasteiger partial charge in [-0.25, -0.2) is 8.42 Å². The van der Waals surface area contributed by atoms with Gasteiger partial charge >= 0.3 is 5.51 Å². The third kappa shape index (κ3) is 2.76. The Balaban J connectivity index is 2.42. The second kappa shape index (κ2) is 5.25. The van der Waals surface area contributed by atoms with Gasteiger partial charge in [-0.05, 0) is 25.0 Å². The van der Waals surface area contributed by atoms with E-state index in [9.17, 15) is 21.6 Å². The van der Waals surface area contributed by atoms with E-state index >= 15 is 0 Å². The molecule has 0 aliphatic carbocycles. The number of nitrogens with zero attached hydrogens (tertiary/aromatic N) is 1. The van der Waals surface area contributed by atoms with Gasteiger partial charge in [-0.15, -0.1) is 0 Å². The number of rotatable bonds is 2. The first-order valence-electron chi connectivity index (χ1n) is 6.14. The SMILES string of the molecule is NC1CCN(c2ccccc2S(=O)(=O)C(F)(F)F)CC1. The summed E-state index contributed by atoms with van der Waals surface area (Å²) in [6.07, 6.45) is 1.25. The van der Waals surface area contributed by atoms with Crippen LogP contribution in [0.5, 0.6) is 0 Å². The molecule has 1 aromatic rings. The minimum atomic E-state index is -5.34. The van der Waals surface area contributed by atoms with Crippen molar-refractivity contribution in [3.05, 3.63) is 24.3 Å². The normalized spacial score (nSPS) is 18.3. The molecule has 1 heterocycles. The zero-order valence-corrected chi connectivity index (χ0v) is 11.4. The van der Waals surface area contributed by atoms with Crippen molar-refractivity contribution in [1.82, 2.24) is 0 Å². The molecular weight excluding hydrogens is 293 g/mol. The van der Waals surface area contributed by atoms with Crippen LogP contribution in [0.3, 0.4) is 0 Å². The first kappa shape index (κ1) is 15.1. The lowest BCUT2D eigenvalue weighted by Crippen LogP contribution is -2.40. The van der Waals surface area contributed by atoms with Crippen molar-refractivity contribution >= 4 is 15.5 Å². The predicted molar refractivity (Wildman–Crippen MR) is 69.1 cm³/mol. The van der Waals surface area contributed by atoms with Gasteiger partial charge in [0, 0.05) is 19.1 Å². The molecule has 20 heavy (non-hydrogen) atoms. The predicted octanol–water partition coefficient (Wildman–Crippen LogP) is 1.91. The van der Waals surface area contributed by atoms with Gasteiger partial charge in [0.25, 0.3) is 9.84 Å². The van der Waals surface area contributed by atoms with Gasteiger partial charge < -0.3 is 10.6 Å². The van der Waals surface area contributed by atoms with Crippen molar-refractivity contribution in [3.63, 3.8) is 0 Å². The summed E-state index contributed by atoms with van der Waals surface area (Å²) in [7, 11) is -5.34. The van der Waals surface area contributed by atoms with E-state index in [1.54, 1.807) is 4.90 Å².